The van der Waals surface area contributed by atoms with Crippen LogP contribution in [0.5, 0.6) is 0 Å². The van der Waals surface area contributed by atoms with Crippen molar-refractivity contribution in [2.75, 3.05) is 19.8 Å². The molecule has 0 N–H and O–H groups in total. The Labute approximate surface area is 110 Å². The van der Waals surface area contributed by atoms with Gasteiger partial charge in [0.15, 0.2) is 0 Å². The molecule has 1 amide bonds. The lowest BCUT2D eigenvalue weighted by Gasteiger charge is -2.35. The van der Waals surface area contributed by atoms with Gasteiger partial charge in [0.25, 0.3) is 5.91 Å². The lowest BCUT2D eigenvalue weighted by Crippen LogP contribution is -2.48. The molecule has 0 bridgehead atoms. The van der Waals surface area contributed by atoms with Crippen molar-refractivity contribution in [3.8, 4) is 0 Å². The van der Waals surface area contributed by atoms with E-state index >= 15 is 0 Å². The zero-order valence-corrected chi connectivity index (χ0v) is 10.8. The Morgan fingerprint density at radius 3 is 3.22 bits per heavy atom. The van der Waals surface area contributed by atoms with E-state index in [1.54, 1.807) is 4.90 Å². The van der Waals surface area contributed by atoms with Gasteiger partial charge in [0, 0.05) is 6.54 Å². The van der Waals surface area contributed by atoms with Crippen LogP contribution in [0.15, 0.2) is 12.3 Å². The molecule has 0 aromatic carbocycles. The van der Waals surface area contributed by atoms with E-state index in [2.05, 4.69) is 4.98 Å². The number of halogens is 2. The van der Waals surface area contributed by atoms with Crippen molar-refractivity contribution in [2.24, 2.45) is 0 Å². The molecular formula is C12H14ClFN2O2. The van der Waals surface area contributed by atoms with Crippen LogP contribution in [0, 0.1) is 5.82 Å². The quantitative estimate of drug-likeness (QED) is 0.775. The third-order valence-corrected chi connectivity index (χ3v) is 3.30. The summed E-state index contributed by atoms with van der Waals surface area (Å²) in [6.07, 6.45) is 1.78. The summed E-state index contributed by atoms with van der Waals surface area (Å²) in [6, 6.07) is 1.13. The average Bonchev–Trinajstić information content (AvgIpc) is 2.40. The molecule has 2 rings (SSSR count). The molecule has 0 aliphatic carbocycles. The Hall–Kier alpha value is -1.20. The number of nitrogens with zero attached hydrogens (tertiary/aromatic N) is 2. The van der Waals surface area contributed by atoms with Crippen LogP contribution in [0.1, 0.15) is 23.7 Å². The number of amides is 1. The van der Waals surface area contributed by atoms with Gasteiger partial charge in [-0.3, -0.25) is 4.79 Å². The van der Waals surface area contributed by atoms with Gasteiger partial charge in [-0.05, 0) is 12.5 Å². The number of carbonyl (C=O) groups is 1. The Morgan fingerprint density at radius 2 is 2.50 bits per heavy atom. The summed E-state index contributed by atoms with van der Waals surface area (Å²) in [5.74, 6) is -0.855. The topological polar surface area (TPSA) is 42.4 Å². The zero-order valence-electron chi connectivity index (χ0n) is 10.0. The van der Waals surface area contributed by atoms with E-state index in [-0.39, 0.29) is 22.7 Å². The maximum atomic E-state index is 13.1. The number of pyridine rings is 1. The number of hydrogen-bond donors (Lipinski definition) is 0. The first-order valence-corrected chi connectivity index (χ1v) is 6.21. The molecule has 1 saturated heterocycles. The highest BCUT2D eigenvalue weighted by Gasteiger charge is 2.28. The highest BCUT2D eigenvalue weighted by Crippen LogP contribution is 2.20. The molecule has 1 aromatic rings. The molecule has 4 nitrogen and oxygen atoms in total. The van der Waals surface area contributed by atoms with Gasteiger partial charge in [0.2, 0.25) is 0 Å². The second-order valence-corrected chi connectivity index (χ2v) is 4.49. The van der Waals surface area contributed by atoms with Crippen molar-refractivity contribution in [2.45, 2.75) is 19.4 Å². The van der Waals surface area contributed by atoms with Crippen LogP contribution in [-0.4, -0.2) is 41.6 Å². The van der Waals surface area contributed by atoms with Gasteiger partial charge in [-0.25, -0.2) is 9.37 Å². The smallest absolute Gasteiger partial charge is 0.257 e. The molecule has 1 atom stereocenters. The first-order valence-electron chi connectivity index (χ1n) is 5.83. The van der Waals surface area contributed by atoms with Gasteiger partial charge in [-0.1, -0.05) is 18.5 Å². The van der Waals surface area contributed by atoms with Gasteiger partial charge in [-0.15, -0.1) is 0 Å². The number of ether oxygens (including phenoxy) is 1. The molecule has 0 radical (unpaired) electrons. The van der Waals surface area contributed by atoms with Crippen LogP contribution < -0.4 is 0 Å². The first-order chi connectivity index (χ1) is 8.63. The second kappa shape index (κ2) is 5.63. The third-order valence-electron chi connectivity index (χ3n) is 3.00. The third kappa shape index (κ3) is 2.62. The zero-order chi connectivity index (χ0) is 13.1. The second-order valence-electron chi connectivity index (χ2n) is 4.13. The molecule has 1 unspecified atom stereocenters. The minimum Gasteiger partial charge on any atom is -0.377 e. The van der Waals surface area contributed by atoms with Gasteiger partial charge in [0.1, 0.15) is 11.0 Å². The number of rotatable bonds is 2. The lowest BCUT2D eigenvalue weighted by atomic mass is 10.1. The average molecular weight is 273 g/mol. The van der Waals surface area contributed by atoms with Crippen LogP contribution in [-0.2, 0) is 4.74 Å². The van der Waals surface area contributed by atoms with Crippen LogP contribution in [0.3, 0.4) is 0 Å². The van der Waals surface area contributed by atoms with Crippen molar-refractivity contribution in [3.63, 3.8) is 0 Å². The molecular weight excluding hydrogens is 259 g/mol. The lowest BCUT2D eigenvalue weighted by molar-refractivity contribution is -0.00283. The highest BCUT2D eigenvalue weighted by atomic mass is 35.5. The Bertz CT molecular complexity index is 456. The number of morpholine rings is 1. The van der Waals surface area contributed by atoms with Crippen LogP contribution in [0.25, 0.3) is 0 Å². The van der Waals surface area contributed by atoms with Gasteiger partial charge < -0.3 is 9.64 Å². The SMILES string of the molecule is CCC1COCCN1C(=O)c1cc(F)cnc1Cl. The molecule has 18 heavy (non-hydrogen) atoms. The molecule has 0 spiro atoms. The summed E-state index contributed by atoms with van der Waals surface area (Å²) < 4.78 is 18.5. The highest BCUT2D eigenvalue weighted by molar-refractivity contribution is 6.32. The first kappa shape index (κ1) is 13.2. The van der Waals surface area contributed by atoms with Crippen molar-refractivity contribution in [1.29, 1.82) is 0 Å². The van der Waals surface area contributed by atoms with E-state index in [0.717, 1.165) is 18.7 Å². The summed E-state index contributed by atoms with van der Waals surface area (Å²) in [4.78, 5) is 17.7. The summed E-state index contributed by atoms with van der Waals surface area (Å²) in [7, 11) is 0. The molecule has 0 saturated carbocycles. The maximum Gasteiger partial charge on any atom is 0.257 e. The van der Waals surface area contributed by atoms with Crippen molar-refractivity contribution in [1.82, 2.24) is 9.88 Å². The van der Waals surface area contributed by atoms with Crippen LogP contribution in [0.4, 0.5) is 4.39 Å². The van der Waals surface area contributed by atoms with E-state index < -0.39 is 5.82 Å². The fraction of sp³-hybridized carbons (Fsp3) is 0.500. The number of aromatic nitrogens is 1. The number of carbonyl (C=O) groups excluding carboxylic acids is 1. The summed E-state index contributed by atoms with van der Waals surface area (Å²) in [6.45, 7) is 3.46. The van der Waals surface area contributed by atoms with Crippen molar-refractivity contribution < 1.29 is 13.9 Å². The van der Waals surface area contributed by atoms with Crippen LogP contribution in [0.2, 0.25) is 5.15 Å². The minimum atomic E-state index is -0.566. The number of hydrogen-bond acceptors (Lipinski definition) is 3. The summed E-state index contributed by atoms with van der Waals surface area (Å²) in [5.41, 5.74) is 0.108. The van der Waals surface area contributed by atoms with Gasteiger partial charge >= 0.3 is 0 Å². The molecule has 1 aliphatic heterocycles. The van der Waals surface area contributed by atoms with Gasteiger partial charge in [0.05, 0.1) is 31.0 Å². The molecule has 1 fully saturated rings. The molecule has 1 aliphatic rings. The molecule has 6 heteroatoms. The van der Waals surface area contributed by atoms with E-state index in [4.69, 9.17) is 16.3 Å². The predicted octanol–water partition coefficient (Wildman–Crippen LogP) is 2.13. The Kier molecular flexibility index (Phi) is 4.14. The summed E-state index contributed by atoms with van der Waals surface area (Å²) in [5, 5.41) is 0.0303. The Balaban J connectivity index is 2.26. The maximum absolute atomic E-state index is 13.1. The normalized spacial score (nSPS) is 19.9. The fourth-order valence-corrected chi connectivity index (χ4v) is 2.17. The van der Waals surface area contributed by atoms with Crippen LogP contribution >= 0.6 is 11.6 Å². The standard InChI is InChI=1S/C12H14ClFN2O2/c1-2-9-7-18-4-3-16(9)12(17)10-5-8(14)6-15-11(10)13/h5-6,9H,2-4,7H2,1H3. The molecule has 2 heterocycles. The predicted molar refractivity (Wildman–Crippen MR) is 65.1 cm³/mol. The molecule has 98 valence electrons. The van der Waals surface area contributed by atoms with E-state index in [9.17, 15) is 9.18 Å². The Morgan fingerprint density at radius 1 is 1.72 bits per heavy atom. The summed E-state index contributed by atoms with van der Waals surface area (Å²) >= 11 is 5.84. The van der Waals surface area contributed by atoms with E-state index in [1.807, 2.05) is 6.92 Å². The van der Waals surface area contributed by atoms with Gasteiger partial charge in [-0.2, -0.15) is 0 Å². The fourth-order valence-electron chi connectivity index (χ4n) is 1.99. The minimum absolute atomic E-state index is 0.00517. The van der Waals surface area contributed by atoms with E-state index in [0.29, 0.717) is 19.8 Å². The van der Waals surface area contributed by atoms with Crippen molar-refractivity contribution >= 4 is 17.5 Å². The molecule has 1 aromatic heterocycles. The largest absolute Gasteiger partial charge is 0.377 e. The van der Waals surface area contributed by atoms with Crippen molar-refractivity contribution in [3.05, 3.63) is 28.8 Å². The van der Waals surface area contributed by atoms with E-state index in [1.165, 1.54) is 0 Å². The monoisotopic (exact) mass is 272 g/mol.